The molecule has 4 saturated carbocycles. The molecule has 13 heteroatoms. The van der Waals surface area contributed by atoms with Gasteiger partial charge < -0.3 is 64.9 Å². The van der Waals surface area contributed by atoms with E-state index in [2.05, 4.69) is 40.7 Å². The SMILES string of the molecule is CC(C)=CCC[C@](C)(O)[C@@H]1CC[C@]2(C)[C@@H]1[C@H](O)C[C@@H]1[C@@]3(C)CC[C@H](O)C(C)(C)[C@@H]3[C@H](O[C@@H]3O[C@H](CO)[C@@H](O)[C@@H](O)[C@H]3O[C@H]3OC[C@H](O)[C@@H](O)[C@@H]3O)C[C@]12C. The van der Waals surface area contributed by atoms with E-state index < -0.39 is 107 Å². The number of fused-ring (bicyclic) bond motifs is 5. The van der Waals surface area contributed by atoms with Gasteiger partial charge in [0.2, 0.25) is 0 Å². The molecule has 13 nitrogen and oxygen atoms in total. The lowest BCUT2D eigenvalue weighted by Crippen LogP contribution is -2.71. The maximum Gasteiger partial charge on any atom is 0.187 e. The van der Waals surface area contributed by atoms with Crippen LogP contribution in [0.5, 0.6) is 0 Å². The van der Waals surface area contributed by atoms with Crippen LogP contribution < -0.4 is 0 Å². The summed E-state index contributed by atoms with van der Waals surface area (Å²) in [5.41, 5.74) is -1.69. The highest BCUT2D eigenvalue weighted by Crippen LogP contribution is 2.76. The van der Waals surface area contributed by atoms with Gasteiger partial charge in [-0.05, 0) is 117 Å². The van der Waals surface area contributed by atoms with Gasteiger partial charge in [0.15, 0.2) is 12.6 Å². The van der Waals surface area contributed by atoms with Crippen molar-refractivity contribution in [3.05, 3.63) is 11.6 Å². The Bertz CT molecular complexity index is 1350. The number of hydrogen-bond donors (Lipinski definition) is 9. The van der Waals surface area contributed by atoms with Crippen LogP contribution in [-0.4, -0.2) is 138 Å². The molecule has 4 aliphatic carbocycles. The zero-order valence-corrected chi connectivity index (χ0v) is 33.5. The molecule has 2 saturated heterocycles. The molecule has 9 N–H and O–H groups in total. The molecule has 6 aliphatic rings. The Kier molecular flexibility index (Phi) is 12.0. The van der Waals surface area contributed by atoms with E-state index in [1.54, 1.807) is 0 Å². The van der Waals surface area contributed by atoms with Crippen LogP contribution in [0.2, 0.25) is 0 Å². The number of aliphatic hydroxyl groups excluding tert-OH is 8. The van der Waals surface area contributed by atoms with Gasteiger partial charge in [-0.15, -0.1) is 0 Å². The molecule has 0 spiro atoms. The molecule has 0 unspecified atom stereocenters. The van der Waals surface area contributed by atoms with E-state index in [-0.39, 0.29) is 30.3 Å². The first-order valence-electron chi connectivity index (χ1n) is 20.4. The van der Waals surface area contributed by atoms with Crippen LogP contribution in [0, 0.1) is 45.3 Å². The molecule has 312 valence electrons. The van der Waals surface area contributed by atoms with Gasteiger partial charge in [-0.1, -0.05) is 46.3 Å². The van der Waals surface area contributed by atoms with Crippen LogP contribution in [0.25, 0.3) is 0 Å². The second-order valence-electron chi connectivity index (χ2n) is 19.8. The number of allylic oxidation sites excluding steroid dienone is 2. The van der Waals surface area contributed by atoms with Crippen molar-refractivity contribution in [2.45, 2.75) is 186 Å². The van der Waals surface area contributed by atoms with Gasteiger partial charge in [0.05, 0.1) is 37.1 Å². The highest BCUT2D eigenvalue weighted by atomic mass is 16.8. The van der Waals surface area contributed by atoms with Gasteiger partial charge in [0.1, 0.15) is 42.7 Å². The van der Waals surface area contributed by atoms with Gasteiger partial charge in [-0.3, -0.25) is 0 Å². The minimum atomic E-state index is -1.68. The topological polar surface area (TPSA) is 219 Å². The summed E-state index contributed by atoms with van der Waals surface area (Å²) in [6.07, 6.45) is -7.90. The highest BCUT2D eigenvalue weighted by molar-refractivity contribution is 5.22. The van der Waals surface area contributed by atoms with Crippen molar-refractivity contribution < 1.29 is 64.9 Å². The summed E-state index contributed by atoms with van der Waals surface area (Å²) in [4.78, 5) is 0. The van der Waals surface area contributed by atoms with Crippen LogP contribution in [0.3, 0.4) is 0 Å². The van der Waals surface area contributed by atoms with E-state index in [9.17, 15) is 46.0 Å². The highest BCUT2D eigenvalue weighted by Gasteiger charge is 2.73. The minimum absolute atomic E-state index is 0.0443. The van der Waals surface area contributed by atoms with E-state index in [4.69, 9.17) is 18.9 Å². The van der Waals surface area contributed by atoms with Crippen molar-refractivity contribution in [1.29, 1.82) is 0 Å². The third kappa shape index (κ3) is 6.86. The van der Waals surface area contributed by atoms with E-state index >= 15 is 0 Å². The molecule has 0 radical (unpaired) electrons. The van der Waals surface area contributed by atoms with E-state index in [1.807, 2.05) is 20.8 Å². The Morgan fingerprint density at radius 3 is 2.17 bits per heavy atom. The number of ether oxygens (including phenoxy) is 4. The van der Waals surface area contributed by atoms with Crippen molar-refractivity contribution in [1.82, 2.24) is 0 Å². The van der Waals surface area contributed by atoms with Crippen LogP contribution in [0.4, 0.5) is 0 Å². The first-order chi connectivity index (χ1) is 25.0. The monoisotopic (exact) mass is 770 g/mol. The van der Waals surface area contributed by atoms with Gasteiger partial charge in [0, 0.05) is 0 Å². The average molecular weight is 771 g/mol. The fourth-order valence-corrected chi connectivity index (χ4v) is 13.1. The van der Waals surface area contributed by atoms with Crippen molar-refractivity contribution >= 4 is 0 Å². The van der Waals surface area contributed by atoms with Crippen molar-refractivity contribution in [2.75, 3.05) is 13.2 Å². The number of rotatable bonds is 9. The Hall–Kier alpha value is -0.780. The zero-order valence-electron chi connectivity index (χ0n) is 33.5. The quantitative estimate of drug-likeness (QED) is 0.121. The first-order valence-corrected chi connectivity index (χ1v) is 20.4. The second kappa shape index (κ2) is 15.1. The Balaban J connectivity index is 1.38. The molecule has 6 fully saturated rings. The molecule has 54 heavy (non-hydrogen) atoms. The van der Waals surface area contributed by atoms with Crippen LogP contribution in [0.1, 0.15) is 107 Å². The normalized spacial score (nSPS) is 52.8. The minimum Gasteiger partial charge on any atom is -0.394 e. The van der Waals surface area contributed by atoms with Gasteiger partial charge in [-0.2, -0.15) is 0 Å². The maximum atomic E-state index is 12.2. The lowest BCUT2D eigenvalue weighted by atomic mass is 9.34. The lowest BCUT2D eigenvalue weighted by Gasteiger charge is -2.72. The fraction of sp³-hybridized carbons (Fsp3) is 0.951. The molecule has 0 aromatic heterocycles. The molecular weight excluding hydrogens is 700 g/mol. The predicted octanol–water partition coefficient (Wildman–Crippen LogP) is 1.76. The van der Waals surface area contributed by atoms with Crippen LogP contribution in [0.15, 0.2) is 11.6 Å². The van der Waals surface area contributed by atoms with Gasteiger partial charge >= 0.3 is 0 Å². The fourth-order valence-electron chi connectivity index (χ4n) is 13.1. The Labute approximate surface area is 320 Å². The standard InChI is InChI=1S/C41H70O13/c1-20(2)10-9-13-41(8,50)21-11-15-39(6)28(21)22(43)16-26-38(5)14-12-27(45)37(3,4)34(38)24(17-40(26,39)7)52-36-33(31(48)30(47)25(18-42)53-36)54-35-32(49)29(46)23(44)19-51-35/h10,21-36,42-50H,9,11-19H2,1-8H3/t21-,22-,23+,24-,25-,26-,27+,28+,29-,30-,31-,32+,33-,34+,35-,36-,38-,39-,40-,41+/m1/s1. The Morgan fingerprint density at radius 1 is 0.833 bits per heavy atom. The smallest absolute Gasteiger partial charge is 0.187 e. The summed E-state index contributed by atoms with van der Waals surface area (Å²) in [5.74, 6) is -0.513. The molecule has 20 atom stereocenters. The third-order valence-electron chi connectivity index (χ3n) is 16.1. The average Bonchev–Trinajstić information content (AvgIpc) is 3.48. The molecule has 0 bridgehead atoms. The van der Waals surface area contributed by atoms with Crippen molar-refractivity contribution in [2.24, 2.45) is 45.3 Å². The number of aliphatic hydroxyl groups is 9. The molecule has 2 aliphatic heterocycles. The summed E-state index contributed by atoms with van der Waals surface area (Å²) >= 11 is 0. The van der Waals surface area contributed by atoms with Gasteiger partial charge in [-0.25, -0.2) is 0 Å². The molecule has 6 rings (SSSR count). The lowest BCUT2D eigenvalue weighted by molar-refractivity contribution is -0.377. The maximum absolute atomic E-state index is 12.2. The molecule has 0 amide bonds. The van der Waals surface area contributed by atoms with E-state index in [1.165, 1.54) is 5.57 Å². The largest absolute Gasteiger partial charge is 0.394 e. The first kappa shape index (κ1) is 42.8. The molecule has 2 heterocycles. The number of hydrogen-bond acceptors (Lipinski definition) is 13. The van der Waals surface area contributed by atoms with Gasteiger partial charge in [0.25, 0.3) is 0 Å². The second-order valence-corrected chi connectivity index (χ2v) is 19.8. The van der Waals surface area contributed by atoms with Crippen molar-refractivity contribution in [3.8, 4) is 0 Å². The summed E-state index contributed by atoms with van der Waals surface area (Å²) in [7, 11) is 0. The Morgan fingerprint density at radius 2 is 1.52 bits per heavy atom. The summed E-state index contributed by atoms with van der Waals surface area (Å²) in [6, 6.07) is 0. The van der Waals surface area contributed by atoms with E-state index in [0.29, 0.717) is 32.1 Å². The van der Waals surface area contributed by atoms with Crippen LogP contribution in [-0.2, 0) is 18.9 Å². The summed E-state index contributed by atoms with van der Waals surface area (Å²) < 4.78 is 24.8. The predicted molar refractivity (Wildman–Crippen MR) is 196 cm³/mol. The summed E-state index contributed by atoms with van der Waals surface area (Å²) in [5, 5.41) is 99.6. The molecule has 0 aromatic carbocycles. The molecular formula is C41H70O13. The zero-order chi connectivity index (χ0) is 39.9. The molecule has 0 aromatic rings. The van der Waals surface area contributed by atoms with Crippen LogP contribution >= 0.6 is 0 Å². The summed E-state index contributed by atoms with van der Waals surface area (Å²) in [6.45, 7) is 16.0. The van der Waals surface area contributed by atoms with Crippen molar-refractivity contribution in [3.63, 3.8) is 0 Å². The third-order valence-corrected chi connectivity index (χ3v) is 16.1. The van der Waals surface area contributed by atoms with E-state index in [0.717, 1.165) is 19.3 Å².